The highest BCUT2D eigenvalue weighted by molar-refractivity contribution is 14.1. The van der Waals surface area contributed by atoms with E-state index in [4.69, 9.17) is 4.74 Å². The van der Waals surface area contributed by atoms with Crippen molar-refractivity contribution in [2.75, 3.05) is 0 Å². The normalized spacial score (nSPS) is 12.4. The number of ether oxygens (including phenoxy) is 1. The molecule has 1 aromatic rings. The molecule has 21 heavy (non-hydrogen) atoms. The fraction of sp³-hybridized carbons (Fsp3) is 0.467. The van der Waals surface area contributed by atoms with Crippen LogP contribution in [0.25, 0.3) is 0 Å². The van der Waals surface area contributed by atoms with Crippen LogP contribution in [-0.2, 0) is 16.1 Å². The molecule has 1 atom stereocenters. The molecule has 0 saturated heterocycles. The maximum absolute atomic E-state index is 11.9. The van der Waals surface area contributed by atoms with Gasteiger partial charge in [-0.3, -0.25) is 4.79 Å². The Labute approximate surface area is 139 Å². The Morgan fingerprint density at radius 3 is 2.33 bits per heavy atom. The first-order valence-corrected chi connectivity index (χ1v) is 7.77. The zero-order valence-corrected chi connectivity index (χ0v) is 14.9. The monoisotopic (exact) mass is 404 g/mol. The minimum atomic E-state index is -0.649. The van der Waals surface area contributed by atoms with E-state index in [1.165, 1.54) is 0 Å². The molecule has 0 aliphatic rings. The molecule has 1 rings (SSSR count). The van der Waals surface area contributed by atoms with Gasteiger partial charge in [-0.1, -0.05) is 12.1 Å². The van der Waals surface area contributed by atoms with Crippen molar-refractivity contribution in [3.8, 4) is 0 Å². The molecule has 5 nitrogen and oxygen atoms in total. The van der Waals surface area contributed by atoms with E-state index in [2.05, 4.69) is 33.2 Å². The van der Waals surface area contributed by atoms with Crippen molar-refractivity contribution in [1.82, 2.24) is 10.6 Å². The number of alkyl carbamates (subject to hydrolysis) is 1. The van der Waals surface area contributed by atoms with Crippen LogP contribution in [0, 0.1) is 3.57 Å². The van der Waals surface area contributed by atoms with Crippen LogP contribution >= 0.6 is 22.6 Å². The second kappa shape index (κ2) is 7.63. The molecule has 0 heterocycles. The van der Waals surface area contributed by atoms with Gasteiger partial charge in [-0.25, -0.2) is 4.79 Å². The second-order valence-electron chi connectivity index (χ2n) is 5.71. The van der Waals surface area contributed by atoms with Gasteiger partial charge in [0.25, 0.3) is 0 Å². The van der Waals surface area contributed by atoms with Gasteiger partial charge in [0, 0.05) is 10.1 Å². The molecule has 0 aromatic heterocycles. The van der Waals surface area contributed by atoms with Gasteiger partial charge in [-0.15, -0.1) is 0 Å². The fourth-order valence-corrected chi connectivity index (χ4v) is 1.85. The maximum atomic E-state index is 11.9. The predicted octanol–water partition coefficient (Wildman–Crippen LogP) is 2.82. The molecule has 0 aliphatic heterocycles. The number of amides is 2. The van der Waals surface area contributed by atoms with Crippen molar-refractivity contribution in [3.05, 3.63) is 33.4 Å². The lowest BCUT2D eigenvalue weighted by atomic mass is 10.2. The van der Waals surface area contributed by atoms with Crippen LogP contribution in [0.2, 0.25) is 0 Å². The Morgan fingerprint density at radius 1 is 1.24 bits per heavy atom. The molecule has 2 N–H and O–H groups in total. The zero-order valence-electron chi connectivity index (χ0n) is 12.7. The van der Waals surface area contributed by atoms with Gasteiger partial charge in [0.1, 0.15) is 11.6 Å². The highest BCUT2D eigenvalue weighted by atomic mass is 127. The smallest absolute Gasteiger partial charge is 0.408 e. The highest BCUT2D eigenvalue weighted by Gasteiger charge is 2.20. The lowest BCUT2D eigenvalue weighted by Crippen LogP contribution is -2.46. The van der Waals surface area contributed by atoms with Gasteiger partial charge in [-0.2, -0.15) is 0 Å². The van der Waals surface area contributed by atoms with Crippen LogP contribution in [0.15, 0.2) is 24.3 Å². The van der Waals surface area contributed by atoms with Gasteiger partial charge >= 0.3 is 6.09 Å². The summed E-state index contributed by atoms with van der Waals surface area (Å²) in [5.74, 6) is -0.251. The molecule has 0 fully saturated rings. The average Bonchev–Trinajstić information content (AvgIpc) is 2.35. The van der Waals surface area contributed by atoms with Gasteiger partial charge in [0.15, 0.2) is 0 Å². The summed E-state index contributed by atoms with van der Waals surface area (Å²) in [6.07, 6.45) is -0.598. The number of nitrogens with one attached hydrogen (secondary N) is 2. The number of carbonyl (C=O) groups is 2. The first-order chi connectivity index (χ1) is 9.67. The number of carbonyl (C=O) groups excluding carboxylic acids is 2. The van der Waals surface area contributed by atoms with Gasteiger partial charge in [0.2, 0.25) is 5.91 Å². The second-order valence-corrected chi connectivity index (χ2v) is 6.96. The van der Waals surface area contributed by atoms with E-state index in [0.717, 1.165) is 9.13 Å². The number of hydrogen-bond donors (Lipinski definition) is 2. The van der Waals surface area contributed by atoms with Crippen LogP contribution in [0.1, 0.15) is 33.3 Å². The van der Waals surface area contributed by atoms with E-state index in [1.807, 2.05) is 24.3 Å². The molecular formula is C15H21IN2O3. The molecule has 116 valence electrons. The summed E-state index contributed by atoms with van der Waals surface area (Å²) in [4.78, 5) is 23.5. The molecule has 0 bridgehead atoms. The Morgan fingerprint density at radius 2 is 1.81 bits per heavy atom. The Balaban J connectivity index is 2.40. The van der Waals surface area contributed by atoms with E-state index in [-0.39, 0.29) is 5.91 Å². The summed E-state index contributed by atoms with van der Waals surface area (Å²) >= 11 is 2.22. The maximum Gasteiger partial charge on any atom is 0.408 e. The van der Waals surface area contributed by atoms with Crippen molar-refractivity contribution in [2.45, 2.75) is 45.9 Å². The largest absolute Gasteiger partial charge is 0.444 e. The fourth-order valence-electron chi connectivity index (χ4n) is 1.49. The summed E-state index contributed by atoms with van der Waals surface area (Å²) in [5, 5.41) is 5.28. The average molecular weight is 404 g/mol. The zero-order chi connectivity index (χ0) is 16.0. The van der Waals surface area contributed by atoms with E-state index < -0.39 is 17.7 Å². The number of benzene rings is 1. The minimum Gasteiger partial charge on any atom is -0.444 e. The third-order valence-electron chi connectivity index (χ3n) is 2.51. The third-order valence-corrected chi connectivity index (χ3v) is 3.23. The summed E-state index contributed by atoms with van der Waals surface area (Å²) < 4.78 is 6.24. The Bertz CT molecular complexity index is 495. The molecule has 1 unspecified atom stereocenters. The molecule has 1 aromatic carbocycles. The van der Waals surface area contributed by atoms with E-state index in [1.54, 1.807) is 27.7 Å². The Kier molecular flexibility index (Phi) is 6.44. The summed E-state index contributed by atoms with van der Waals surface area (Å²) in [6, 6.07) is 7.21. The quantitative estimate of drug-likeness (QED) is 0.759. The van der Waals surface area contributed by atoms with E-state index in [0.29, 0.717) is 6.54 Å². The number of halogens is 1. The molecule has 0 aliphatic carbocycles. The van der Waals surface area contributed by atoms with E-state index >= 15 is 0 Å². The van der Waals surface area contributed by atoms with Gasteiger partial charge in [-0.05, 0) is 68.0 Å². The lowest BCUT2D eigenvalue weighted by molar-refractivity contribution is -0.122. The van der Waals surface area contributed by atoms with E-state index in [9.17, 15) is 9.59 Å². The van der Waals surface area contributed by atoms with Crippen LogP contribution in [0.4, 0.5) is 4.79 Å². The number of hydrogen-bond acceptors (Lipinski definition) is 3. The van der Waals surface area contributed by atoms with Gasteiger partial charge in [0.05, 0.1) is 0 Å². The standard InChI is InChI=1S/C15H21IN2O3/c1-10(18-14(20)21-15(2,3)4)13(19)17-9-11-5-7-12(16)8-6-11/h5-8,10H,9H2,1-4H3,(H,17,19)(H,18,20). The molecule has 0 spiro atoms. The molecule has 2 amide bonds. The molecule has 6 heteroatoms. The number of rotatable bonds is 4. The van der Waals surface area contributed by atoms with Crippen LogP contribution < -0.4 is 10.6 Å². The third kappa shape index (κ3) is 7.31. The van der Waals surface area contributed by atoms with Crippen LogP contribution in [0.3, 0.4) is 0 Å². The molecule has 0 radical (unpaired) electrons. The van der Waals surface area contributed by atoms with Crippen LogP contribution in [0.5, 0.6) is 0 Å². The summed E-state index contributed by atoms with van der Waals surface area (Å²) in [6.45, 7) is 7.36. The van der Waals surface area contributed by atoms with Crippen LogP contribution in [-0.4, -0.2) is 23.6 Å². The van der Waals surface area contributed by atoms with Crippen molar-refractivity contribution in [1.29, 1.82) is 0 Å². The highest BCUT2D eigenvalue weighted by Crippen LogP contribution is 2.07. The molecular weight excluding hydrogens is 383 g/mol. The Hall–Kier alpha value is -1.31. The van der Waals surface area contributed by atoms with Crippen molar-refractivity contribution in [3.63, 3.8) is 0 Å². The SMILES string of the molecule is CC(NC(=O)OC(C)(C)C)C(=O)NCc1ccc(I)cc1. The van der Waals surface area contributed by atoms with Gasteiger partial charge < -0.3 is 15.4 Å². The first kappa shape index (κ1) is 17.7. The van der Waals surface area contributed by atoms with Crippen molar-refractivity contribution in [2.24, 2.45) is 0 Å². The minimum absolute atomic E-state index is 0.251. The topological polar surface area (TPSA) is 67.4 Å². The lowest BCUT2D eigenvalue weighted by Gasteiger charge is -2.21. The van der Waals surface area contributed by atoms with Crippen molar-refractivity contribution < 1.29 is 14.3 Å². The van der Waals surface area contributed by atoms with Crippen molar-refractivity contribution >= 4 is 34.6 Å². The first-order valence-electron chi connectivity index (χ1n) is 6.69. The summed E-state index contributed by atoms with van der Waals surface area (Å²) in [7, 11) is 0. The summed E-state index contributed by atoms with van der Waals surface area (Å²) in [5.41, 5.74) is 0.426. The predicted molar refractivity (Wildman–Crippen MR) is 89.8 cm³/mol. The molecule has 0 saturated carbocycles.